The van der Waals surface area contributed by atoms with Gasteiger partial charge in [-0.3, -0.25) is 9.59 Å². The SMILES string of the molecule is C#CCO[C@H]1CC(CC#C)(CC#C)C(=O)[C@@H]2[C@H]1[C@H]1C[C@@H]3[C@@]4(C)CCC[C@@](C)(C(=O)OC)[C@@H]4CC[C@@]23C=C1C(C)C. The minimum atomic E-state index is -0.794. The summed E-state index contributed by atoms with van der Waals surface area (Å²) >= 11 is 0. The zero-order valence-corrected chi connectivity index (χ0v) is 25.1. The Hall–Kier alpha value is -2.48. The summed E-state index contributed by atoms with van der Waals surface area (Å²) in [5.41, 5.74) is -0.208. The van der Waals surface area contributed by atoms with Crippen LogP contribution >= 0.6 is 0 Å². The first-order chi connectivity index (χ1) is 19.0. The summed E-state index contributed by atoms with van der Waals surface area (Å²) in [6, 6.07) is 0. The quantitative estimate of drug-likeness (QED) is 0.226. The van der Waals surface area contributed by atoms with Gasteiger partial charge in [-0.2, -0.15) is 0 Å². The van der Waals surface area contributed by atoms with E-state index in [0.717, 1.165) is 38.5 Å². The van der Waals surface area contributed by atoms with E-state index >= 15 is 0 Å². The van der Waals surface area contributed by atoms with Gasteiger partial charge in [0.15, 0.2) is 0 Å². The summed E-state index contributed by atoms with van der Waals surface area (Å²) in [6.45, 7) is 9.30. The van der Waals surface area contributed by atoms with Crippen molar-refractivity contribution in [2.45, 2.75) is 91.6 Å². The Morgan fingerprint density at radius 3 is 2.38 bits per heavy atom. The maximum atomic E-state index is 15.0. The first-order valence-electron chi connectivity index (χ1n) is 15.3. The molecular formula is C36H46O4. The summed E-state index contributed by atoms with van der Waals surface area (Å²) in [5.74, 6) is 9.44. The third-order valence-corrected chi connectivity index (χ3v) is 12.5. The third kappa shape index (κ3) is 3.80. The smallest absolute Gasteiger partial charge is 0.311 e. The van der Waals surface area contributed by atoms with Crippen LogP contribution in [0, 0.1) is 94.2 Å². The molecule has 4 fully saturated rings. The van der Waals surface area contributed by atoms with Crippen molar-refractivity contribution in [1.29, 1.82) is 0 Å². The molecule has 0 N–H and O–H groups in total. The van der Waals surface area contributed by atoms with Gasteiger partial charge in [-0.15, -0.1) is 31.1 Å². The largest absolute Gasteiger partial charge is 0.469 e. The highest BCUT2D eigenvalue weighted by Gasteiger charge is 2.73. The molecule has 214 valence electrons. The van der Waals surface area contributed by atoms with Crippen molar-refractivity contribution in [1.82, 2.24) is 0 Å². The van der Waals surface area contributed by atoms with Crippen LogP contribution in [-0.4, -0.2) is 31.6 Å². The van der Waals surface area contributed by atoms with E-state index in [1.54, 1.807) is 0 Å². The molecule has 4 heteroatoms. The number of Topliss-reactive ketones (excluding diaryl/α,β-unsaturated/α-hetero) is 1. The van der Waals surface area contributed by atoms with E-state index in [1.165, 1.54) is 12.7 Å². The van der Waals surface area contributed by atoms with E-state index < -0.39 is 10.8 Å². The highest BCUT2D eigenvalue weighted by atomic mass is 16.5. The Morgan fingerprint density at radius 1 is 1.07 bits per heavy atom. The molecule has 0 unspecified atom stereocenters. The number of ketones is 1. The average molecular weight is 543 g/mol. The van der Waals surface area contributed by atoms with Crippen LogP contribution in [0.1, 0.15) is 85.5 Å². The second-order valence-corrected chi connectivity index (χ2v) is 14.4. The van der Waals surface area contributed by atoms with Gasteiger partial charge in [0, 0.05) is 30.1 Å². The van der Waals surface area contributed by atoms with E-state index in [1.807, 2.05) is 0 Å². The van der Waals surface area contributed by atoms with Gasteiger partial charge in [0.1, 0.15) is 12.4 Å². The second-order valence-electron chi connectivity index (χ2n) is 14.4. The van der Waals surface area contributed by atoms with Crippen LogP contribution in [0.3, 0.4) is 0 Å². The van der Waals surface area contributed by atoms with Crippen LogP contribution in [0.25, 0.3) is 0 Å². The standard InChI is InChI=1S/C36H46O4/c1-9-14-35(15-10-2)22-26(40-19-11-3)29-24-20-28-33(6)16-12-17-34(7,32(38)39-8)27(33)13-18-36(28,30(29)31(35)37)21-25(24)23(4)5/h1-3,21,23-24,26-30H,12-20,22H2,4-8H3/t24-,26-,27+,28+,29-,30-,33-,34+,36-/m0/s1. The molecular weight excluding hydrogens is 496 g/mol. The van der Waals surface area contributed by atoms with Gasteiger partial charge in [0.2, 0.25) is 0 Å². The lowest BCUT2D eigenvalue weighted by Crippen LogP contribution is -2.70. The Labute approximate surface area is 241 Å². The van der Waals surface area contributed by atoms with Crippen molar-refractivity contribution in [2.75, 3.05) is 13.7 Å². The lowest BCUT2D eigenvalue weighted by Gasteiger charge is -2.71. The van der Waals surface area contributed by atoms with Gasteiger partial charge in [-0.25, -0.2) is 0 Å². The number of carbonyl (C=O) groups excluding carboxylic acids is 2. The normalized spacial score (nSPS) is 42.8. The molecule has 0 saturated heterocycles. The lowest BCUT2D eigenvalue weighted by atomic mass is 9.32. The number of terminal acetylenes is 3. The number of carbonyl (C=O) groups is 2. The predicted octanol–water partition coefficient (Wildman–Crippen LogP) is 6.24. The highest BCUT2D eigenvalue weighted by Crippen LogP contribution is 2.75. The van der Waals surface area contributed by atoms with Crippen LogP contribution in [-0.2, 0) is 19.1 Å². The van der Waals surface area contributed by atoms with E-state index in [2.05, 4.69) is 51.5 Å². The van der Waals surface area contributed by atoms with Gasteiger partial charge < -0.3 is 9.47 Å². The van der Waals surface area contributed by atoms with Crippen LogP contribution in [0.5, 0.6) is 0 Å². The van der Waals surface area contributed by atoms with Crippen LogP contribution in [0.2, 0.25) is 0 Å². The van der Waals surface area contributed by atoms with Crippen molar-refractivity contribution < 1.29 is 19.1 Å². The molecule has 6 aliphatic rings. The summed E-state index contributed by atoms with van der Waals surface area (Å²) in [7, 11) is 1.52. The molecule has 4 saturated carbocycles. The minimum absolute atomic E-state index is 0.0684. The van der Waals surface area contributed by atoms with Crippen molar-refractivity contribution in [3.05, 3.63) is 11.6 Å². The lowest BCUT2D eigenvalue weighted by molar-refractivity contribution is -0.220. The Bertz CT molecular complexity index is 1200. The molecule has 6 aliphatic carbocycles. The number of allylic oxidation sites excluding steroid dienone is 2. The van der Waals surface area contributed by atoms with Crippen LogP contribution < -0.4 is 0 Å². The van der Waals surface area contributed by atoms with Gasteiger partial charge in [-0.05, 0) is 74.5 Å². The van der Waals surface area contributed by atoms with Gasteiger partial charge >= 0.3 is 5.97 Å². The maximum absolute atomic E-state index is 15.0. The van der Waals surface area contributed by atoms with Gasteiger partial charge in [0.25, 0.3) is 0 Å². The summed E-state index contributed by atoms with van der Waals surface area (Å²) < 4.78 is 11.8. The Kier molecular flexibility index (Phi) is 7.33. The predicted molar refractivity (Wildman–Crippen MR) is 156 cm³/mol. The number of rotatable bonds is 6. The monoisotopic (exact) mass is 542 g/mol. The topological polar surface area (TPSA) is 52.6 Å². The fraction of sp³-hybridized carbons (Fsp3) is 0.722. The molecule has 0 aromatic carbocycles. The molecule has 6 rings (SSSR count). The second kappa shape index (κ2) is 10.1. The zero-order valence-electron chi connectivity index (χ0n) is 25.1. The molecule has 0 radical (unpaired) electrons. The first-order valence-corrected chi connectivity index (χ1v) is 15.3. The van der Waals surface area contributed by atoms with Crippen molar-refractivity contribution >= 4 is 11.8 Å². The molecule has 9 atom stereocenters. The van der Waals surface area contributed by atoms with E-state index in [4.69, 9.17) is 28.7 Å². The van der Waals surface area contributed by atoms with E-state index in [0.29, 0.717) is 31.1 Å². The molecule has 2 bridgehead atoms. The van der Waals surface area contributed by atoms with Crippen molar-refractivity contribution in [3.8, 4) is 37.0 Å². The third-order valence-electron chi connectivity index (χ3n) is 12.5. The number of hydrogen-bond donors (Lipinski definition) is 0. The summed E-state index contributed by atoms with van der Waals surface area (Å²) in [6.07, 6.45) is 26.7. The number of fused-ring (bicyclic) bond motifs is 1. The summed E-state index contributed by atoms with van der Waals surface area (Å²) in [4.78, 5) is 28.2. The summed E-state index contributed by atoms with van der Waals surface area (Å²) in [5, 5.41) is 0. The van der Waals surface area contributed by atoms with Crippen molar-refractivity contribution in [3.63, 3.8) is 0 Å². The molecule has 1 spiro atoms. The molecule has 4 nitrogen and oxygen atoms in total. The maximum Gasteiger partial charge on any atom is 0.311 e. The molecule has 0 aromatic heterocycles. The van der Waals surface area contributed by atoms with E-state index in [9.17, 15) is 9.59 Å². The number of hydrogen-bond acceptors (Lipinski definition) is 4. The Morgan fingerprint density at radius 2 is 1.77 bits per heavy atom. The zero-order chi connectivity index (χ0) is 29.1. The molecule has 0 amide bonds. The number of esters is 1. The fourth-order valence-electron chi connectivity index (χ4n) is 11.1. The molecule has 0 aromatic rings. The molecule has 0 heterocycles. The molecule has 40 heavy (non-hydrogen) atoms. The van der Waals surface area contributed by atoms with Crippen LogP contribution in [0.15, 0.2) is 11.6 Å². The minimum Gasteiger partial charge on any atom is -0.469 e. The Balaban J connectivity index is 1.69. The first kappa shape index (κ1) is 29.0. The fourth-order valence-corrected chi connectivity index (χ4v) is 11.1. The van der Waals surface area contributed by atoms with Gasteiger partial charge in [-0.1, -0.05) is 44.8 Å². The highest BCUT2D eigenvalue weighted by molar-refractivity contribution is 5.91. The number of ether oxygens (including phenoxy) is 2. The molecule has 0 aliphatic heterocycles. The average Bonchev–Trinajstić information content (AvgIpc) is 2.93. The van der Waals surface area contributed by atoms with Gasteiger partial charge in [0.05, 0.1) is 24.0 Å². The van der Waals surface area contributed by atoms with Crippen LogP contribution in [0.4, 0.5) is 0 Å². The van der Waals surface area contributed by atoms with Crippen molar-refractivity contribution in [2.24, 2.45) is 57.2 Å². The van der Waals surface area contributed by atoms with E-state index in [-0.39, 0.29) is 59.0 Å². The number of methoxy groups -OCH3 is 1.